The monoisotopic (exact) mass is 1980 g/mol. The Morgan fingerprint density at radius 3 is 0.883 bits per heavy atom. The maximum atomic E-state index is 13.1. The summed E-state index contributed by atoms with van der Waals surface area (Å²) in [4.78, 5) is 103. The van der Waals surface area contributed by atoms with Crippen LogP contribution in [0.1, 0.15) is 272 Å². The Balaban J connectivity index is 0.000000155. The van der Waals surface area contributed by atoms with Crippen LogP contribution in [0.4, 0.5) is 22.0 Å². The number of hydrogen-bond acceptors (Lipinski definition) is 20. The number of ether oxygens (including phenoxy) is 7. The van der Waals surface area contributed by atoms with Crippen LogP contribution in [0.3, 0.4) is 0 Å². The van der Waals surface area contributed by atoms with Gasteiger partial charge < -0.3 is 65.1 Å². The van der Waals surface area contributed by atoms with E-state index >= 15 is 0 Å². The number of hydrogen-bond donors (Lipinski definition) is 6. The Morgan fingerprint density at radius 1 is 0.297 bits per heavy atom. The van der Waals surface area contributed by atoms with Crippen molar-refractivity contribution in [3.63, 3.8) is 0 Å². The molecule has 31 heteroatoms. The lowest BCUT2D eigenvalue weighted by atomic mass is 9.84. The van der Waals surface area contributed by atoms with Crippen molar-refractivity contribution in [2.45, 2.75) is 252 Å². The minimum atomic E-state index is -0.698. The third-order valence-corrected chi connectivity index (χ3v) is 25.8. The zero-order valence-corrected chi connectivity index (χ0v) is 83.0. The highest BCUT2D eigenvalue weighted by atomic mass is 19.1. The number of methoxy groups -OCH3 is 1. The number of carbonyl (C=O) groups excluding carboxylic acids is 6. The van der Waals surface area contributed by atoms with Gasteiger partial charge in [-0.3, -0.25) is 63.7 Å². The Morgan fingerprint density at radius 2 is 0.593 bits per heavy atom. The SMILES string of the molecule is CC[C@@H](C)NC(=O)c1ccc(COc2cccc(F)c2)nc1.COc1ccccc1OCc1ccc(C(=O)N[C@H](C)C2CCCCC2)cn1.C[C@@H](NC(=O)c1ccc(COc2cccc(F)c2)nc1)C1CCCCC1.C[C@@H](NC(=O)c1ccc(COc2cccnc2)nc1)C1CCCCC1.O=C(NC1CCC1)c1ccc(COc2cc(F)cc(F)c2)nc1.O=C(NC1CCC1)c1ccc(COc2cccc(F)c2)nc1. The fourth-order valence-corrected chi connectivity index (χ4v) is 16.4. The van der Waals surface area contributed by atoms with Crippen molar-refractivity contribution in [1.82, 2.24) is 66.8 Å². The number of aromatic nitrogens is 7. The summed E-state index contributed by atoms with van der Waals surface area (Å²) in [6.45, 7) is 11.7. The van der Waals surface area contributed by atoms with Gasteiger partial charge in [0, 0.05) is 116 Å². The summed E-state index contributed by atoms with van der Waals surface area (Å²) in [7, 11) is 1.61. The highest BCUT2D eigenvalue weighted by molar-refractivity contribution is 5.97. The first-order valence-corrected chi connectivity index (χ1v) is 50.0. The highest BCUT2D eigenvalue weighted by Gasteiger charge is 2.28. The van der Waals surface area contributed by atoms with Crippen LogP contribution in [0.25, 0.3) is 0 Å². The van der Waals surface area contributed by atoms with Gasteiger partial charge in [0.05, 0.1) is 80.9 Å². The lowest BCUT2D eigenvalue weighted by Crippen LogP contribution is -2.39. The zero-order chi connectivity index (χ0) is 102. The Kier molecular flexibility index (Phi) is 43.7. The third kappa shape index (κ3) is 37.5. The van der Waals surface area contributed by atoms with Gasteiger partial charge in [-0.1, -0.05) is 95.0 Å². The second-order valence-electron chi connectivity index (χ2n) is 36.7. The zero-order valence-electron chi connectivity index (χ0n) is 83.0. The van der Waals surface area contributed by atoms with E-state index in [1.807, 2.05) is 62.4 Å². The lowest BCUT2D eigenvalue weighted by Gasteiger charge is -2.28. The Bertz CT molecular complexity index is 5880. The van der Waals surface area contributed by atoms with Gasteiger partial charge in [0.25, 0.3) is 35.4 Å². The van der Waals surface area contributed by atoms with Crippen molar-refractivity contribution in [2.75, 3.05) is 7.11 Å². The van der Waals surface area contributed by atoms with Gasteiger partial charge in [0.15, 0.2) is 11.5 Å². The number of nitrogens with zero attached hydrogens (tertiary/aromatic N) is 7. The Hall–Kier alpha value is -14.8. The van der Waals surface area contributed by atoms with Gasteiger partial charge >= 0.3 is 0 Å². The van der Waals surface area contributed by atoms with Gasteiger partial charge in [-0.15, -0.1) is 0 Å². The molecule has 6 N–H and O–H groups in total. The predicted molar refractivity (Wildman–Crippen MR) is 542 cm³/mol. The van der Waals surface area contributed by atoms with E-state index in [1.54, 1.807) is 135 Å². The molecule has 7 heterocycles. The number of carbonyl (C=O) groups is 6. The van der Waals surface area contributed by atoms with E-state index in [2.05, 4.69) is 87.6 Å². The molecular formula is C114H130F5N13O13. The number of halogens is 5. The van der Waals surface area contributed by atoms with Gasteiger partial charge in [-0.05, 0) is 262 Å². The fraction of sp³-hybridized carbons (Fsp3) is 0.377. The number of rotatable bonds is 35. The molecular weight excluding hydrogens is 1850 g/mol. The van der Waals surface area contributed by atoms with Crippen molar-refractivity contribution in [3.8, 4) is 40.2 Å². The summed E-state index contributed by atoms with van der Waals surface area (Å²) in [6.07, 6.45) is 38.8. The van der Waals surface area contributed by atoms with Crippen LogP contribution in [0.5, 0.6) is 40.2 Å². The van der Waals surface area contributed by atoms with Crippen LogP contribution in [0.2, 0.25) is 0 Å². The van der Waals surface area contributed by atoms with E-state index in [0.29, 0.717) is 128 Å². The molecule has 6 amide bonds. The predicted octanol–water partition coefficient (Wildman–Crippen LogP) is 22.3. The molecule has 5 aromatic carbocycles. The molecule has 17 rings (SSSR count). The van der Waals surface area contributed by atoms with Crippen LogP contribution in [0, 0.1) is 46.8 Å². The number of para-hydroxylation sites is 2. The average molecular weight is 1990 g/mol. The van der Waals surface area contributed by atoms with Crippen LogP contribution in [0.15, 0.2) is 250 Å². The molecule has 764 valence electrons. The molecule has 26 nitrogen and oxygen atoms in total. The van der Waals surface area contributed by atoms with E-state index in [9.17, 15) is 50.7 Å². The first-order chi connectivity index (χ1) is 70.4. The van der Waals surface area contributed by atoms with Gasteiger partial charge in [0.2, 0.25) is 0 Å². The number of amides is 6. The van der Waals surface area contributed by atoms with Crippen molar-refractivity contribution in [2.24, 2.45) is 17.8 Å². The average Bonchev–Trinajstić information content (AvgIpc) is 0.871. The summed E-state index contributed by atoms with van der Waals surface area (Å²) in [6, 6.07) is 54.3. The maximum absolute atomic E-state index is 13.1. The van der Waals surface area contributed by atoms with Crippen molar-refractivity contribution in [3.05, 3.63) is 346 Å². The van der Waals surface area contributed by atoms with Gasteiger partial charge in [0.1, 0.15) is 97.5 Å². The molecule has 5 aliphatic carbocycles. The smallest absolute Gasteiger partial charge is 0.253 e. The molecule has 5 aliphatic rings. The summed E-state index contributed by atoms with van der Waals surface area (Å²) >= 11 is 0. The largest absolute Gasteiger partial charge is 0.493 e. The lowest BCUT2D eigenvalue weighted by molar-refractivity contribution is 0.0908. The highest BCUT2D eigenvalue weighted by Crippen LogP contribution is 2.32. The van der Waals surface area contributed by atoms with Crippen molar-refractivity contribution < 1.29 is 83.9 Å². The normalized spacial score (nSPS) is 14.8. The molecule has 12 aromatic rings. The number of nitrogens with one attached hydrogen (secondary N) is 6. The molecule has 145 heavy (non-hydrogen) atoms. The third-order valence-electron chi connectivity index (χ3n) is 25.8. The first kappa shape index (κ1) is 109. The molecule has 0 spiro atoms. The summed E-state index contributed by atoms with van der Waals surface area (Å²) in [5.74, 6) is 2.27. The second-order valence-corrected chi connectivity index (χ2v) is 36.7. The van der Waals surface area contributed by atoms with Gasteiger partial charge in [-0.25, -0.2) is 22.0 Å². The molecule has 5 fully saturated rings. The summed E-state index contributed by atoms with van der Waals surface area (Å²) in [5.41, 5.74) is 7.40. The topological polar surface area (TPSA) is 329 Å². The Labute approximate surface area is 844 Å². The van der Waals surface area contributed by atoms with Crippen molar-refractivity contribution in [1.29, 1.82) is 0 Å². The standard InChI is InChI=1S/C22H28N2O3.C21H25FN2O2.C20H25N3O2.C17H16F2N2O2.C17H17FN2O2.C17H19FN2O2/c1-16(17-8-4-3-5-9-17)24-22(25)18-12-13-19(23-14-18)15-27-21-11-7-6-10-20(21)26-2;1-15(16-6-3-2-4-7-16)24-21(25)17-10-11-19(23-13-17)14-26-20-9-5-8-18(22)12-20;1-15(16-6-3-2-4-7-16)23-20(24)17-9-10-18(22-12-17)14-25-19-8-5-11-21-13-19;18-12-6-13(19)8-16(7-12)23-10-15-5-4-11(9-20-15)17(22)21-14-2-1-3-14;18-13-3-1-6-16(9-13)22-11-15-8-7-12(10-19-15)17(21)20-14-4-2-5-14;1-3-12(2)20-17(21)13-7-8-15(19-10-13)11-22-16-6-4-5-14(18)9-16/h6-7,10-14,16-17H,3-5,8-9,15H2,1-2H3,(H,24,25);5,8-13,15-16H,2-4,6-7,14H2,1H3,(H,24,25);5,8-13,15-16H,2-4,6-7,14H2,1H3,(H,23,24);4-9,14H,1-3,10H2,(H,21,22);1,3,6-10,14H,2,4-5,11H2,(H,20,21);4-10,12H,3,11H2,1-2H3,(H,20,21)/t16-;2*15-;;;12-/m111..1/s1. The van der Waals surface area contributed by atoms with E-state index in [-0.39, 0.29) is 115 Å². The molecule has 7 aromatic heterocycles. The van der Waals surface area contributed by atoms with Crippen LogP contribution in [-0.2, 0) is 39.6 Å². The van der Waals surface area contributed by atoms with Crippen LogP contribution < -0.4 is 65.1 Å². The van der Waals surface area contributed by atoms with Gasteiger partial charge in [-0.2, -0.15) is 0 Å². The first-order valence-electron chi connectivity index (χ1n) is 50.0. The van der Waals surface area contributed by atoms with E-state index in [1.165, 1.54) is 158 Å². The minimum absolute atomic E-state index is 0.0506. The number of pyridine rings is 7. The van der Waals surface area contributed by atoms with E-state index in [0.717, 1.165) is 68.1 Å². The molecule has 0 bridgehead atoms. The molecule has 5 saturated carbocycles. The molecule has 0 aliphatic heterocycles. The molecule has 4 atom stereocenters. The second kappa shape index (κ2) is 58.1. The molecule has 0 saturated heterocycles. The quantitative estimate of drug-likeness (QED) is 0.0201. The van der Waals surface area contributed by atoms with Crippen LogP contribution >= 0.6 is 0 Å². The maximum Gasteiger partial charge on any atom is 0.253 e. The number of benzene rings is 5. The fourth-order valence-electron chi connectivity index (χ4n) is 16.4. The summed E-state index contributed by atoms with van der Waals surface area (Å²) < 4.78 is 104. The van der Waals surface area contributed by atoms with E-state index in [4.69, 9.17) is 33.2 Å². The van der Waals surface area contributed by atoms with Crippen molar-refractivity contribution >= 4 is 35.4 Å². The minimum Gasteiger partial charge on any atom is -0.493 e. The molecule has 0 radical (unpaired) electrons. The van der Waals surface area contributed by atoms with E-state index < -0.39 is 11.6 Å². The van der Waals surface area contributed by atoms with Crippen LogP contribution in [-0.4, -0.2) is 114 Å². The summed E-state index contributed by atoms with van der Waals surface area (Å²) in [5, 5.41) is 18.1. The molecule has 0 unspecified atom stereocenters.